The van der Waals surface area contributed by atoms with Gasteiger partial charge < -0.3 is 29.3 Å². The first-order valence-electron chi connectivity index (χ1n) is 8.84. The van der Waals surface area contributed by atoms with E-state index in [0.29, 0.717) is 27.2 Å². The molecule has 153 valence electrons. The highest BCUT2D eigenvalue weighted by molar-refractivity contribution is 8.14. The Balaban J connectivity index is 1.95. The monoisotopic (exact) mass is 411 g/mol. The lowest BCUT2D eigenvalue weighted by atomic mass is 9.87. The SMILES string of the molecule is CCC1C=CC(OC2CN(C(=O)SCC(=O)N(C)C)C2)=C(C(=O)O)C1O[B]O. The fraction of sp³-hybridized carbons (Fsp3) is 0.588. The lowest BCUT2D eigenvalue weighted by molar-refractivity contribution is -0.134. The zero-order chi connectivity index (χ0) is 20.8. The van der Waals surface area contributed by atoms with Gasteiger partial charge in [-0.2, -0.15) is 0 Å². The summed E-state index contributed by atoms with van der Waals surface area (Å²) in [6, 6.07) is 0. The summed E-state index contributed by atoms with van der Waals surface area (Å²) in [7, 11) is 3.74. The highest BCUT2D eigenvalue weighted by Crippen LogP contribution is 2.31. The average Bonchev–Trinajstić information content (AvgIpc) is 2.61. The van der Waals surface area contributed by atoms with Crippen LogP contribution >= 0.6 is 11.8 Å². The van der Waals surface area contributed by atoms with Crippen LogP contribution in [-0.2, 0) is 19.0 Å². The maximum atomic E-state index is 12.1. The van der Waals surface area contributed by atoms with E-state index in [4.69, 9.17) is 14.4 Å². The van der Waals surface area contributed by atoms with Crippen molar-refractivity contribution in [3.63, 3.8) is 0 Å². The third-order valence-corrected chi connectivity index (χ3v) is 5.46. The highest BCUT2D eigenvalue weighted by atomic mass is 32.2. The number of carbonyl (C=O) groups is 3. The molecule has 1 radical (unpaired) electrons. The number of ether oxygens (including phenoxy) is 1. The summed E-state index contributed by atoms with van der Waals surface area (Å²) in [5.74, 6) is -1.30. The summed E-state index contributed by atoms with van der Waals surface area (Å²) in [6.45, 7) is 2.50. The Kier molecular flexibility index (Phi) is 7.96. The van der Waals surface area contributed by atoms with Gasteiger partial charge in [0.05, 0.1) is 24.9 Å². The summed E-state index contributed by atoms with van der Waals surface area (Å²) in [4.78, 5) is 38.3. The first-order valence-corrected chi connectivity index (χ1v) is 9.82. The van der Waals surface area contributed by atoms with E-state index < -0.39 is 12.1 Å². The Morgan fingerprint density at radius 3 is 2.57 bits per heavy atom. The standard InChI is InChI=1S/C17H24BN2O7S/c1-4-10-5-6-12(14(16(22)23)15(10)27-18-25)26-11-7-20(8-11)17(24)28-9-13(21)19(2)3/h5-6,10-11,15,25H,4,7-9H2,1-3H3,(H,22,23). The molecule has 2 aliphatic rings. The minimum atomic E-state index is -1.19. The summed E-state index contributed by atoms with van der Waals surface area (Å²) in [6.07, 6.45) is 2.83. The summed E-state index contributed by atoms with van der Waals surface area (Å²) < 4.78 is 10.9. The number of carbonyl (C=O) groups excluding carboxylic acids is 2. The lowest BCUT2D eigenvalue weighted by Gasteiger charge is -2.40. The number of carboxylic acid groups (broad SMARTS) is 1. The van der Waals surface area contributed by atoms with Crippen molar-refractivity contribution >= 4 is 36.6 Å². The summed E-state index contributed by atoms with van der Waals surface area (Å²) in [5, 5.41) is 18.3. The van der Waals surface area contributed by atoms with Crippen molar-refractivity contribution in [3.05, 3.63) is 23.5 Å². The Morgan fingerprint density at radius 1 is 1.36 bits per heavy atom. The third-order valence-electron chi connectivity index (χ3n) is 4.56. The van der Waals surface area contributed by atoms with E-state index in [1.165, 1.54) is 9.80 Å². The zero-order valence-electron chi connectivity index (χ0n) is 16.0. The van der Waals surface area contributed by atoms with Crippen LogP contribution in [-0.4, -0.2) is 89.9 Å². The first-order chi connectivity index (χ1) is 13.3. The summed E-state index contributed by atoms with van der Waals surface area (Å²) >= 11 is 0.929. The molecular weight excluding hydrogens is 387 g/mol. The number of aliphatic carboxylic acids is 1. The predicted molar refractivity (Wildman–Crippen MR) is 103 cm³/mol. The van der Waals surface area contributed by atoms with Crippen LogP contribution in [0, 0.1) is 5.92 Å². The van der Waals surface area contributed by atoms with Gasteiger partial charge in [0.1, 0.15) is 17.4 Å². The highest BCUT2D eigenvalue weighted by Gasteiger charge is 2.37. The van der Waals surface area contributed by atoms with E-state index in [1.54, 1.807) is 26.2 Å². The molecule has 0 aromatic rings. The maximum Gasteiger partial charge on any atom is 0.485 e. The molecular formula is C17H24BN2O7S. The second-order valence-corrected chi connectivity index (χ2v) is 7.59. The number of rotatable bonds is 8. The van der Waals surface area contributed by atoms with E-state index in [9.17, 15) is 19.5 Å². The van der Waals surface area contributed by atoms with Crippen LogP contribution in [0.2, 0.25) is 0 Å². The van der Waals surface area contributed by atoms with Gasteiger partial charge in [0.2, 0.25) is 5.91 Å². The van der Waals surface area contributed by atoms with Crippen LogP contribution in [0.5, 0.6) is 0 Å². The van der Waals surface area contributed by atoms with Gasteiger partial charge in [0, 0.05) is 20.0 Å². The number of amides is 2. The van der Waals surface area contributed by atoms with Crippen molar-refractivity contribution in [1.82, 2.24) is 9.80 Å². The fourth-order valence-corrected chi connectivity index (χ4v) is 3.69. The third kappa shape index (κ3) is 5.30. The van der Waals surface area contributed by atoms with Gasteiger partial charge in [-0.1, -0.05) is 24.8 Å². The van der Waals surface area contributed by atoms with Crippen molar-refractivity contribution in [2.45, 2.75) is 25.6 Å². The molecule has 0 aromatic heterocycles. The van der Waals surface area contributed by atoms with Gasteiger partial charge in [-0.3, -0.25) is 9.59 Å². The molecule has 1 aliphatic carbocycles. The minimum absolute atomic E-state index is 0.0598. The maximum absolute atomic E-state index is 12.1. The number of hydrogen-bond acceptors (Lipinski definition) is 7. The first kappa shape index (κ1) is 22.3. The van der Waals surface area contributed by atoms with Crippen molar-refractivity contribution in [2.24, 2.45) is 5.92 Å². The van der Waals surface area contributed by atoms with Gasteiger partial charge in [-0.05, 0) is 12.5 Å². The van der Waals surface area contributed by atoms with Gasteiger partial charge >= 0.3 is 13.7 Å². The van der Waals surface area contributed by atoms with Gasteiger partial charge in [-0.15, -0.1) is 0 Å². The largest absolute Gasteiger partial charge is 0.486 e. The van der Waals surface area contributed by atoms with Crippen LogP contribution in [0.1, 0.15) is 13.3 Å². The molecule has 9 nitrogen and oxygen atoms in total. The zero-order valence-corrected chi connectivity index (χ0v) is 16.8. The minimum Gasteiger partial charge on any atom is -0.486 e. The molecule has 0 aromatic carbocycles. The second-order valence-electron chi connectivity index (χ2n) is 6.66. The Bertz CT molecular complexity index is 676. The quantitative estimate of drug-likeness (QED) is 0.554. The number of likely N-dealkylation sites (tertiary alicyclic amines) is 1. The van der Waals surface area contributed by atoms with Crippen LogP contribution in [0.3, 0.4) is 0 Å². The van der Waals surface area contributed by atoms with Gasteiger partial charge in [-0.25, -0.2) is 4.79 Å². The van der Waals surface area contributed by atoms with Crippen LogP contribution in [0.15, 0.2) is 23.5 Å². The molecule has 0 saturated carbocycles. The Labute approximate surface area is 168 Å². The van der Waals surface area contributed by atoms with Gasteiger partial charge in [0.15, 0.2) is 0 Å². The molecule has 2 N–H and O–H groups in total. The molecule has 11 heteroatoms. The van der Waals surface area contributed by atoms with E-state index in [2.05, 4.69) is 0 Å². The number of thioether (sulfide) groups is 1. The van der Waals surface area contributed by atoms with E-state index in [1.807, 2.05) is 6.92 Å². The second kappa shape index (κ2) is 9.99. The van der Waals surface area contributed by atoms with Gasteiger partial charge in [0.25, 0.3) is 5.24 Å². The summed E-state index contributed by atoms with van der Waals surface area (Å²) in [5.41, 5.74) is -0.0598. The lowest BCUT2D eigenvalue weighted by Crippen LogP contribution is -2.53. The van der Waals surface area contributed by atoms with Crippen molar-refractivity contribution in [1.29, 1.82) is 0 Å². The smallest absolute Gasteiger partial charge is 0.485 e. The topological polar surface area (TPSA) is 117 Å². The molecule has 2 amide bonds. The molecule has 1 saturated heterocycles. The number of allylic oxidation sites excluding steroid dienone is 1. The molecule has 2 unspecified atom stereocenters. The van der Waals surface area contributed by atoms with Crippen molar-refractivity contribution in [2.75, 3.05) is 32.9 Å². The Morgan fingerprint density at radius 2 is 2.04 bits per heavy atom. The molecule has 1 fully saturated rings. The number of carboxylic acids is 1. The van der Waals surface area contributed by atoms with Crippen LogP contribution < -0.4 is 0 Å². The molecule has 2 atom stereocenters. The predicted octanol–water partition coefficient (Wildman–Crippen LogP) is 0.475. The molecule has 0 spiro atoms. The van der Waals surface area contributed by atoms with Crippen LogP contribution in [0.4, 0.5) is 4.79 Å². The molecule has 1 heterocycles. The van der Waals surface area contributed by atoms with E-state index >= 15 is 0 Å². The van der Waals surface area contributed by atoms with Crippen LogP contribution in [0.25, 0.3) is 0 Å². The molecule has 28 heavy (non-hydrogen) atoms. The number of hydrogen-bond donors (Lipinski definition) is 2. The molecule has 2 rings (SSSR count). The normalized spacial score (nSPS) is 21.9. The fourth-order valence-electron chi connectivity index (χ4n) is 2.86. The average molecular weight is 411 g/mol. The Hall–Kier alpha value is -1.98. The molecule has 1 aliphatic heterocycles. The van der Waals surface area contributed by atoms with Crippen molar-refractivity contribution in [3.8, 4) is 0 Å². The molecule has 0 bridgehead atoms. The number of nitrogens with zero attached hydrogens (tertiary/aromatic N) is 2. The van der Waals surface area contributed by atoms with Crippen molar-refractivity contribution < 1.29 is 33.9 Å². The van der Waals surface area contributed by atoms with E-state index in [0.717, 1.165) is 11.8 Å². The van der Waals surface area contributed by atoms with E-state index in [-0.39, 0.29) is 40.3 Å².